The van der Waals surface area contributed by atoms with Gasteiger partial charge < -0.3 is 14.8 Å². The Morgan fingerprint density at radius 3 is 2.67 bits per heavy atom. The first kappa shape index (κ1) is 25.9. The lowest BCUT2D eigenvalue weighted by Crippen LogP contribution is -2.50. The van der Waals surface area contributed by atoms with Crippen molar-refractivity contribution in [3.63, 3.8) is 0 Å². The minimum absolute atomic E-state index is 0.210. The van der Waals surface area contributed by atoms with Crippen LogP contribution in [0.4, 0.5) is 5.82 Å². The van der Waals surface area contributed by atoms with Gasteiger partial charge in [-0.3, -0.25) is 4.90 Å². The van der Waals surface area contributed by atoms with Gasteiger partial charge in [0.1, 0.15) is 10.7 Å². The number of aromatic nitrogens is 1. The summed E-state index contributed by atoms with van der Waals surface area (Å²) in [6.07, 6.45) is 4.59. The summed E-state index contributed by atoms with van der Waals surface area (Å²) in [7, 11) is -2.06. The SMILES string of the molecule is CN(CCN1CCOC(C)(C)C1)S(=O)(=O)c1cc2ccccc2nc1NCC1CCC12CCOCC2. The summed E-state index contributed by atoms with van der Waals surface area (Å²) < 4.78 is 40.5. The van der Waals surface area contributed by atoms with E-state index >= 15 is 0 Å². The van der Waals surface area contributed by atoms with E-state index in [0.717, 1.165) is 56.6 Å². The van der Waals surface area contributed by atoms with Gasteiger partial charge in [-0.1, -0.05) is 18.2 Å². The maximum Gasteiger partial charge on any atom is 0.246 e. The molecule has 3 aliphatic rings. The molecule has 1 aromatic heterocycles. The zero-order valence-corrected chi connectivity index (χ0v) is 22.6. The van der Waals surface area contributed by atoms with E-state index < -0.39 is 10.0 Å². The van der Waals surface area contributed by atoms with Crippen LogP contribution in [0, 0.1) is 11.3 Å². The van der Waals surface area contributed by atoms with Crippen LogP contribution in [-0.2, 0) is 19.5 Å². The van der Waals surface area contributed by atoms with Crippen LogP contribution in [0.25, 0.3) is 10.9 Å². The number of benzene rings is 1. The highest BCUT2D eigenvalue weighted by Gasteiger charge is 2.47. The highest BCUT2D eigenvalue weighted by atomic mass is 32.2. The molecule has 3 heterocycles. The van der Waals surface area contributed by atoms with Gasteiger partial charge in [0.15, 0.2) is 0 Å². The fourth-order valence-corrected chi connectivity index (χ4v) is 7.32. The molecule has 1 aromatic carbocycles. The van der Waals surface area contributed by atoms with Gasteiger partial charge in [0.2, 0.25) is 10.0 Å². The van der Waals surface area contributed by atoms with Crippen LogP contribution < -0.4 is 5.32 Å². The lowest BCUT2D eigenvalue weighted by Gasteiger charge is -2.52. The summed E-state index contributed by atoms with van der Waals surface area (Å²) in [5.41, 5.74) is 0.925. The summed E-state index contributed by atoms with van der Waals surface area (Å²) in [6, 6.07) is 9.49. The molecule has 9 heteroatoms. The fraction of sp³-hybridized carbons (Fsp3) is 0.667. The predicted octanol–water partition coefficient (Wildman–Crippen LogP) is 3.58. The Bertz CT molecular complexity index is 1180. The Labute approximate surface area is 215 Å². The van der Waals surface area contributed by atoms with Crippen LogP contribution in [0.1, 0.15) is 39.5 Å². The van der Waals surface area contributed by atoms with Crippen molar-refractivity contribution in [2.24, 2.45) is 11.3 Å². The molecule has 36 heavy (non-hydrogen) atoms. The maximum absolute atomic E-state index is 13.8. The van der Waals surface area contributed by atoms with Crippen molar-refractivity contribution in [2.45, 2.75) is 50.0 Å². The van der Waals surface area contributed by atoms with Gasteiger partial charge in [0.25, 0.3) is 0 Å². The van der Waals surface area contributed by atoms with Crippen molar-refractivity contribution in [3.8, 4) is 0 Å². The predicted molar refractivity (Wildman–Crippen MR) is 142 cm³/mol. The first-order valence-electron chi connectivity index (χ1n) is 13.2. The molecule has 2 saturated heterocycles. The van der Waals surface area contributed by atoms with Crippen molar-refractivity contribution in [1.82, 2.24) is 14.2 Å². The molecule has 1 spiro atoms. The van der Waals surface area contributed by atoms with E-state index in [9.17, 15) is 8.42 Å². The summed E-state index contributed by atoms with van der Waals surface area (Å²) >= 11 is 0. The van der Waals surface area contributed by atoms with Gasteiger partial charge in [-0.2, -0.15) is 4.31 Å². The number of nitrogens with zero attached hydrogens (tertiary/aromatic N) is 3. The van der Waals surface area contributed by atoms with Crippen LogP contribution in [-0.4, -0.2) is 87.8 Å². The molecule has 1 saturated carbocycles. The largest absolute Gasteiger partial charge is 0.381 e. The quantitative estimate of drug-likeness (QED) is 0.574. The van der Waals surface area contributed by atoms with Gasteiger partial charge in [0.05, 0.1) is 17.7 Å². The number of fused-ring (bicyclic) bond motifs is 1. The number of hydrogen-bond donors (Lipinski definition) is 1. The van der Waals surface area contributed by atoms with Crippen LogP contribution >= 0.6 is 0 Å². The molecule has 1 unspecified atom stereocenters. The zero-order chi connectivity index (χ0) is 25.4. The van der Waals surface area contributed by atoms with Gasteiger partial charge in [0, 0.05) is 58.4 Å². The Balaban J connectivity index is 1.34. The molecule has 2 aliphatic heterocycles. The third-order valence-corrected chi connectivity index (χ3v) is 10.3. The van der Waals surface area contributed by atoms with Gasteiger partial charge >= 0.3 is 0 Å². The number of nitrogens with one attached hydrogen (secondary N) is 1. The van der Waals surface area contributed by atoms with Crippen LogP contribution in [0.5, 0.6) is 0 Å². The number of pyridine rings is 1. The molecule has 1 N–H and O–H groups in total. The van der Waals surface area contributed by atoms with Gasteiger partial charge in [-0.05, 0) is 63.0 Å². The van der Waals surface area contributed by atoms with Crippen molar-refractivity contribution in [2.75, 3.05) is 64.9 Å². The number of hydrogen-bond acceptors (Lipinski definition) is 7. The number of likely N-dealkylation sites (N-methyl/N-ethyl adjacent to an activating group) is 1. The molecule has 1 aliphatic carbocycles. The standard InChI is InChI=1S/C27H40N4O4S/c1-26(2)20-31(14-17-35-26)13-12-30(3)36(32,33)24-18-21-6-4-5-7-23(21)29-25(24)28-19-22-8-9-27(22)10-15-34-16-11-27/h4-7,18,22H,8-17,19-20H2,1-3H3,(H,28,29). The zero-order valence-electron chi connectivity index (χ0n) is 21.8. The summed E-state index contributed by atoms with van der Waals surface area (Å²) in [5, 5.41) is 4.30. The number of ether oxygens (including phenoxy) is 2. The summed E-state index contributed by atoms with van der Waals surface area (Å²) in [5.74, 6) is 0.981. The molecule has 0 amide bonds. The Morgan fingerprint density at radius 2 is 1.94 bits per heavy atom. The number of rotatable bonds is 8. The van der Waals surface area contributed by atoms with Crippen LogP contribution in [0.15, 0.2) is 35.2 Å². The molecule has 198 valence electrons. The third kappa shape index (κ3) is 5.27. The smallest absolute Gasteiger partial charge is 0.246 e. The average molecular weight is 517 g/mol. The average Bonchev–Trinajstić information content (AvgIpc) is 2.86. The lowest BCUT2D eigenvalue weighted by molar-refractivity contribution is -0.0860. The second kappa shape index (κ2) is 10.2. The van der Waals surface area contributed by atoms with E-state index in [1.165, 1.54) is 17.1 Å². The summed E-state index contributed by atoms with van der Waals surface area (Å²) in [6.45, 7) is 9.90. The van der Waals surface area contributed by atoms with Crippen LogP contribution in [0.2, 0.25) is 0 Å². The second-order valence-corrected chi connectivity index (χ2v) is 13.3. The Hall–Kier alpha value is -1.78. The second-order valence-electron chi connectivity index (χ2n) is 11.3. The van der Waals surface area contributed by atoms with Gasteiger partial charge in [-0.15, -0.1) is 0 Å². The molecule has 2 aromatic rings. The Morgan fingerprint density at radius 1 is 1.17 bits per heavy atom. The van der Waals surface area contributed by atoms with Crippen molar-refractivity contribution >= 4 is 26.7 Å². The number of para-hydroxylation sites is 1. The third-order valence-electron chi connectivity index (χ3n) is 8.47. The van der Waals surface area contributed by atoms with Crippen molar-refractivity contribution in [3.05, 3.63) is 30.3 Å². The molecular formula is C27H40N4O4S. The van der Waals surface area contributed by atoms with Crippen LogP contribution in [0.3, 0.4) is 0 Å². The molecule has 5 rings (SSSR count). The molecule has 0 radical (unpaired) electrons. The molecule has 8 nitrogen and oxygen atoms in total. The van der Waals surface area contributed by atoms with E-state index in [0.29, 0.717) is 36.8 Å². The van der Waals surface area contributed by atoms with E-state index in [1.807, 2.05) is 24.3 Å². The minimum Gasteiger partial charge on any atom is -0.381 e. The van der Waals surface area contributed by atoms with Crippen molar-refractivity contribution in [1.29, 1.82) is 0 Å². The Kier molecular flexibility index (Phi) is 7.31. The number of anilines is 1. The molecule has 1 atom stereocenters. The molecule has 3 fully saturated rings. The van der Waals surface area contributed by atoms with E-state index in [-0.39, 0.29) is 10.5 Å². The molecule has 0 bridgehead atoms. The van der Waals surface area contributed by atoms with E-state index in [2.05, 4.69) is 24.1 Å². The monoisotopic (exact) mass is 516 g/mol. The number of sulfonamides is 1. The topological polar surface area (TPSA) is 84.0 Å². The summed E-state index contributed by atoms with van der Waals surface area (Å²) in [4.78, 5) is 7.32. The first-order chi connectivity index (χ1) is 17.2. The van der Waals surface area contributed by atoms with E-state index in [4.69, 9.17) is 14.5 Å². The highest BCUT2D eigenvalue weighted by Crippen LogP contribution is 2.53. The van der Waals surface area contributed by atoms with E-state index in [1.54, 1.807) is 13.1 Å². The normalized spacial score (nSPS) is 24.2. The number of morpholine rings is 1. The van der Waals surface area contributed by atoms with Crippen molar-refractivity contribution < 1.29 is 17.9 Å². The van der Waals surface area contributed by atoms with Gasteiger partial charge in [-0.25, -0.2) is 13.4 Å². The highest BCUT2D eigenvalue weighted by molar-refractivity contribution is 7.89. The fourth-order valence-electron chi connectivity index (χ4n) is 6.03. The molecular weight excluding hydrogens is 476 g/mol. The lowest BCUT2D eigenvalue weighted by atomic mass is 9.56. The maximum atomic E-state index is 13.8. The minimum atomic E-state index is -3.73. The first-order valence-corrected chi connectivity index (χ1v) is 14.7.